The van der Waals surface area contributed by atoms with Gasteiger partial charge in [-0.15, -0.1) is 0 Å². The van der Waals surface area contributed by atoms with E-state index in [1.807, 2.05) is 67.6 Å². The van der Waals surface area contributed by atoms with Crippen molar-refractivity contribution in [3.63, 3.8) is 0 Å². The third kappa shape index (κ3) is 10.7. The van der Waals surface area contributed by atoms with Crippen LogP contribution in [-0.2, 0) is 51.9 Å². The number of rotatable bonds is 14. The molecule has 3 N–H and O–H groups in total. The number of aliphatic hydroxyl groups is 1. The van der Waals surface area contributed by atoms with E-state index in [9.17, 15) is 24.7 Å². The van der Waals surface area contributed by atoms with Crippen LogP contribution in [0.3, 0.4) is 0 Å². The number of carbonyl (C=O) groups is 4. The van der Waals surface area contributed by atoms with Gasteiger partial charge in [-0.25, -0.2) is 14.4 Å². The number of hydrogen-bond acceptors (Lipinski definition) is 16. The molecule has 73 heavy (non-hydrogen) atoms. The molecule has 0 radical (unpaired) electrons. The zero-order valence-electron chi connectivity index (χ0n) is 45.7. The number of esters is 3. The Hall–Kier alpha value is -4.24. The first-order valence-corrected chi connectivity index (χ1v) is 28.4. The molecule has 2 bridgehead atoms. The third-order valence-corrected chi connectivity index (χ3v) is 20.9. The Balaban J connectivity index is 1.46. The van der Waals surface area contributed by atoms with E-state index in [4.69, 9.17) is 42.3 Å². The van der Waals surface area contributed by atoms with Crippen molar-refractivity contribution in [3.05, 3.63) is 82.9 Å². The van der Waals surface area contributed by atoms with Crippen LogP contribution in [0.4, 0.5) is 4.79 Å². The number of fused-ring (bicyclic) bond motifs is 8. The van der Waals surface area contributed by atoms with E-state index in [-0.39, 0.29) is 38.2 Å². The quantitative estimate of drug-likeness (QED) is 0.0536. The summed E-state index contributed by atoms with van der Waals surface area (Å²) in [6, 6.07) is 16.3. The molecule has 4 fully saturated rings. The summed E-state index contributed by atoms with van der Waals surface area (Å²) >= 11 is 0. The first kappa shape index (κ1) is 56.5. The monoisotopic (exact) mass is 1040 g/mol. The molecular weight excluding hydrogens is 957 g/mol. The molecule has 2 aliphatic heterocycles. The van der Waals surface area contributed by atoms with Gasteiger partial charge in [0, 0.05) is 44.2 Å². The zero-order chi connectivity index (χ0) is 54.1. The van der Waals surface area contributed by atoms with E-state index in [0.29, 0.717) is 16.7 Å². The largest absolute Gasteiger partial charge is 0.456 e. The van der Waals surface area contributed by atoms with E-state index < -0.39 is 125 Å². The van der Waals surface area contributed by atoms with Gasteiger partial charge >= 0.3 is 24.0 Å². The number of benzene rings is 2. The fraction of sp³-hybridized carbons (Fsp3) is 0.673. The summed E-state index contributed by atoms with van der Waals surface area (Å²) in [5.41, 5.74) is -5.36. The number of nitrogens with zero attached hydrogens (tertiary/aromatic N) is 1. The number of hydroxylamine groups is 2. The van der Waals surface area contributed by atoms with Gasteiger partial charge in [-0.2, -0.15) is 5.06 Å². The summed E-state index contributed by atoms with van der Waals surface area (Å²) in [5.74, 6) is -4.61. The van der Waals surface area contributed by atoms with Crippen molar-refractivity contribution < 1.29 is 71.8 Å². The maximum Gasteiger partial charge on any atom is 0.408 e. The molecule has 0 unspecified atom stereocenters. The van der Waals surface area contributed by atoms with Crippen LogP contribution in [0.5, 0.6) is 0 Å². The second-order valence-corrected chi connectivity index (χ2v) is 29.2. The number of likely N-dealkylation sites (N-methyl/N-ethyl adjacent to an activating group) is 1. The van der Waals surface area contributed by atoms with Crippen molar-refractivity contribution in [1.82, 2.24) is 10.4 Å². The Morgan fingerprint density at radius 3 is 2.08 bits per heavy atom. The van der Waals surface area contributed by atoms with Crippen LogP contribution in [0.2, 0.25) is 18.1 Å². The second-order valence-electron chi connectivity index (χ2n) is 24.4. The Kier molecular flexibility index (Phi) is 15.5. The number of hydrogen-bond donors (Lipinski definition) is 3. The maximum absolute atomic E-state index is 15.6. The number of carbonyl (C=O) groups excluding carboxylic acids is 4. The van der Waals surface area contributed by atoms with Gasteiger partial charge in [0.25, 0.3) is 0 Å². The van der Waals surface area contributed by atoms with Crippen LogP contribution in [0.1, 0.15) is 125 Å². The van der Waals surface area contributed by atoms with Crippen molar-refractivity contribution in [2.75, 3.05) is 26.8 Å². The van der Waals surface area contributed by atoms with Crippen LogP contribution in [0.15, 0.2) is 71.8 Å². The topological polar surface area (TPSA) is 207 Å². The average Bonchev–Trinajstić information content (AvgIpc) is 3.59. The highest BCUT2D eigenvalue weighted by Crippen LogP contribution is 2.68. The van der Waals surface area contributed by atoms with E-state index in [1.165, 1.54) is 14.0 Å². The van der Waals surface area contributed by atoms with Gasteiger partial charge in [0.2, 0.25) is 0 Å². The second kappa shape index (κ2) is 20.0. The summed E-state index contributed by atoms with van der Waals surface area (Å²) in [4.78, 5) is 57.8. The molecule has 2 aromatic rings. The van der Waals surface area contributed by atoms with Gasteiger partial charge < -0.3 is 58.0 Å². The van der Waals surface area contributed by atoms with Crippen LogP contribution in [0, 0.1) is 16.7 Å². The summed E-state index contributed by atoms with van der Waals surface area (Å²) in [5, 5.41) is 28.2. The maximum atomic E-state index is 15.6. The summed E-state index contributed by atoms with van der Waals surface area (Å²) in [7, 11) is -1.38. The van der Waals surface area contributed by atoms with Gasteiger partial charge in [-0.05, 0) is 88.5 Å². The van der Waals surface area contributed by atoms with Crippen LogP contribution >= 0.6 is 0 Å². The van der Waals surface area contributed by atoms with Gasteiger partial charge in [-0.1, -0.05) is 90.1 Å². The highest BCUT2D eigenvalue weighted by atomic mass is 28.4. The molecule has 7 rings (SSSR count). The molecule has 1 amide bonds. The first-order chi connectivity index (χ1) is 33.7. The Bertz CT molecular complexity index is 2400. The van der Waals surface area contributed by atoms with E-state index in [1.54, 1.807) is 89.2 Å². The number of ether oxygens (including phenoxy) is 8. The van der Waals surface area contributed by atoms with Crippen molar-refractivity contribution in [2.45, 2.75) is 192 Å². The van der Waals surface area contributed by atoms with Crippen molar-refractivity contribution in [3.8, 4) is 0 Å². The Morgan fingerprint density at radius 2 is 1.53 bits per heavy atom. The van der Waals surface area contributed by atoms with Crippen molar-refractivity contribution in [2.24, 2.45) is 16.7 Å². The molecule has 3 aliphatic carbocycles. The number of alkyl carbamates (subject to hydrolysis) is 1. The lowest BCUT2D eigenvalue weighted by Crippen LogP contribution is -2.82. The van der Waals surface area contributed by atoms with Crippen molar-refractivity contribution >= 4 is 32.3 Å². The van der Waals surface area contributed by atoms with E-state index in [2.05, 4.69) is 5.32 Å². The lowest BCUT2D eigenvalue weighted by molar-refractivity contribution is -0.366. The molecule has 17 nitrogen and oxygen atoms in total. The minimum atomic E-state index is -2.89. The van der Waals surface area contributed by atoms with Gasteiger partial charge in [0.05, 0.1) is 42.9 Å². The minimum absolute atomic E-state index is 0.0593. The number of amides is 1. The van der Waals surface area contributed by atoms with Gasteiger partial charge in [-0.3, -0.25) is 4.79 Å². The standard InChI is InChI=1S/C55H80N2O15Si/c1-32-36(66-47(60)42(72-73(15,16)50(6,7)8)40(34-23-19-17-20-24-34)56-48(61)71-49(3,4)5)30-55(62)45(67-46(59)35-25-21-18-22-26-35)43-53(13,44-41(39(32)51(55,9)10)69-52(11,12)70-44)37(64-28-27-57(14)63)29-38-54(43,31-65-38)68-33(2)58/h17-26,36-38,40-45,62-63H,27-31H2,1-16H3,(H,56,61)/t36-,37-,38+,40-,41+,42+,43-,44+,45-,53+,54-,55+/m0/s1. The Morgan fingerprint density at radius 1 is 0.918 bits per heavy atom. The SMILES string of the molecule is CC(=O)O[C@@]12CO[C@@H]1C[C@H](OCCN(C)O)[C@@]1(C)[C@@H]3OC(C)(C)O[C@@H]3C3=C(C)[C@@H](OC(=O)[C@H](O[Si](C)(C)C(C)(C)C)[C@@H](NC(=O)OC(C)(C)C)c4ccccc4)C[C@@](O)([C@@H](OC(=O)c4ccccc4)[C@H]21)C3(C)C. The lowest BCUT2D eigenvalue weighted by atomic mass is 9.44. The molecule has 0 spiro atoms. The van der Waals surface area contributed by atoms with Gasteiger partial charge in [0.1, 0.15) is 35.6 Å². The fourth-order valence-corrected chi connectivity index (χ4v) is 13.0. The molecule has 404 valence electrons. The molecule has 2 aromatic carbocycles. The van der Waals surface area contributed by atoms with Gasteiger partial charge in [0.15, 0.2) is 25.8 Å². The predicted octanol–water partition coefficient (Wildman–Crippen LogP) is 8.22. The third-order valence-electron chi connectivity index (χ3n) is 16.5. The molecule has 2 saturated heterocycles. The Labute approximate surface area is 431 Å². The summed E-state index contributed by atoms with van der Waals surface area (Å²) in [6.07, 6.45) is -8.60. The minimum Gasteiger partial charge on any atom is -0.456 e. The molecule has 18 heteroatoms. The van der Waals surface area contributed by atoms with Crippen LogP contribution < -0.4 is 5.32 Å². The predicted molar refractivity (Wildman–Crippen MR) is 271 cm³/mol. The smallest absolute Gasteiger partial charge is 0.408 e. The van der Waals surface area contributed by atoms with Crippen molar-refractivity contribution in [1.29, 1.82) is 0 Å². The summed E-state index contributed by atoms with van der Waals surface area (Å²) < 4.78 is 60.2. The highest BCUT2D eigenvalue weighted by molar-refractivity contribution is 6.74. The molecule has 5 aliphatic rings. The van der Waals surface area contributed by atoms with E-state index >= 15 is 4.79 Å². The first-order valence-electron chi connectivity index (χ1n) is 25.5. The number of nitrogens with one attached hydrogen (secondary N) is 1. The molecule has 12 atom stereocenters. The highest BCUT2D eigenvalue weighted by Gasteiger charge is 2.79. The molecular formula is C55H80N2O15Si. The fourth-order valence-electron chi connectivity index (χ4n) is 11.8. The average molecular weight is 1040 g/mol. The molecule has 0 aromatic heterocycles. The lowest BCUT2D eigenvalue weighted by Gasteiger charge is -2.69. The zero-order valence-corrected chi connectivity index (χ0v) is 46.7. The molecule has 2 saturated carbocycles. The van der Waals surface area contributed by atoms with Crippen LogP contribution in [-0.4, -0.2) is 140 Å². The summed E-state index contributed by atoms with van der Waals surface area (Å²) in [6.45, 7) is 27.8. The van der Waals surface area contributed by atoms with E-state index in [0.717, 1.165) is 5.06 Å². The van der Waals surface area contributed by atoms with Crippen LogP contribution in [0.25, 0.3) is 0 Å². The molecule has 2 heterocycles. The normalized spacial score (nSPS) is 32.3.